The maximum atomic E-state index is 6.05. The second-order valence-electron chi connectivity index (χ2n) is 4.46. The van der Waals surface area contributed by atoms with Crippen molar-refractivity contribution in [2.75, 3.05) is 26.4 Å². The van der Waals surface area contributed by atoms with Gasteiger partial charge in [-0.2, -0.15) is 0 Å². The molecule has 0 saturated carbocycles. The number of rotatable bonds is 8. The molecule has 1 rings (SSSR count). The molecule has 0 heterocycles. The molecule has 4 heteroatoms. The molecule has 0 saturated heterocycles. The van der Waals surface area contributed by atoms with Crippen LogP contribution in [0.5, 0.6) is 5.75 Å². The zero-order chi connectivity index (χ0) is 13.4. The van der Waals surface area contributed by atoms with Crippen molar-refractivity contribution in [1.82, 2.24) is 5.32 Å². The highest BCUT2D eigenvalue weighted by Crippen LogP contribution is 2.27. The molecule has 0 spiro atoms. The Bertz CT molecular complexity index is 335. The highest BCUT2D eigenvalue weighted by atomic mass is 35.5. The average molecular weight is 272 g/mol. The van der Waals surface area contributed by atoms with Gasteiger partial charge in [0.15, 0.2) is 0 Å². The van der Waals surface area contributed by atoms with Gasteiger partial charge in [0.05, 0.1) is 18.2 Å². The Morgan fingerprint density at radius 2 is 2.00 bits per heavy atom. The summed E-state index contributed by atoms with van der Waals surface area (Å²) >= 11 is 6.05. The van der Waals surface area contributed by atoms with Gasteiger partial charge in [-0.1, -0.05) is 37.6 Å². The molecule has 1 aromatic rings. The lowest BCUT2D eigenvalue weighted by Gasteiger charge is -2.11. The molecule has 18 heavy (non-hydrogen) atoms. The van der Waals surface area contributed by atoms with Crippen LogP contribution in [0.25, 0.3) is 0 Å². The summed E-state index contributed by atoms with van der Waals surface area (Å²) in [6.07, 6.45) is 0. The summed E-state index contributed by atoms with van der Waals surface area (Å²) in [6, 6.07) is 6.22. The summed E-state index contributed by atoms with van der Waals surface area (Å²) in [5.74, 6) is 0.753. The Balaban J connectivity index is 2.14. The summed E-state index contributed by atoms with van der Waals surface area (Å²) < 4.78 is 11.1. The van der Waals surface area contributed by atoms with E-state index >= 15 is 0 Å². The maximum absolute atomic E-state index is 6.05. The van der Waals surface area contributed by atoms with Crippen molar-refractivity contribution in [1.29, 1.82) is 0 Å². The van der Waals surface area contributed by atoms with Gasteiger partial charge in [0.2, 0.25) is 0 Å². The monoisotopic (exact) mass is 271 g/mol. The molecule has 1 aromatic carbocycles. The molecule has 1 N–H and O–H groups in total. The zero-order valence-electron chi connectivity index (χ0n) is 11.3. The van der Waals surface area contributed by atoms with Crippen molar-refractivity contribution in [2.24, 2.45) is 0 Å². The molecular weight excluding hydrogens is 250 g/mol. The predicted molar refractivity (Wildman–Crippen MR) is 75.6 cm³/mol. The van der Waals surface area contributed by atoms with Crippen LogP contribution in [0.4, 0.5) is 0 Å². The van der Waals surface area contributed by atoms with Crippen molar-refractivity contribution in [3.8, 4) is 5.75 Å². The molecule has 0 atom stereocenters. The molecule has 0 aliphatic rings. The van der Waals surface area contributed by atoms with Gasteiger partial charge in [0.1, 0.15) is 12.4 Å². The highest BCUT2D eigenvalue weighted by Gasteiger charge is 2.04. The van der Waals surface area contributed by atoms with Gasteiger partial charge in [0, 0.05) is 12.6 Å². The minimum Gasteiger partial charge on any atom is -0.489 e. The van der Waals surface area contributed by atoms with E-state index in [0.29, 0.717) is 30.9 Å². The number of aryl methyl sites for hydroxylation is 1. The average Bonchev–Trinajstić information content (AvgIpc) is 2.30. The lowest BCUT2D eigenvalue weighted by molar-refractivity contribution is 0.101. The van der Waals surface area contributed by atoms with Crippen LogP contribution in [-0.4, -0.2) is 32.4 Å². The Kier molecular flexibility index (Phi) is 7.09. The molecule has 0 fully saturated rings. The van der Waals surface area contributed by atoms with E-state index in [-0.39, 0.29) is 0 Å². The number of ether oxygens (including phenoxy) is 2. The third kappa shape index (κ3) is 5.71. The molecule has 0 aromatic heterocycles. The minimum absolute atomic E-state index is 0.496. The Morgan fingerprint density at radius 1 is 1.22 bits per heavy atom. The quantitative estimate of drug-likeness (QED) is 0.737. The van der Waals surface area contributed by atoms with E-state index in [4.69, 9.17) is 21.1 Å². The number of nitrogens with one attached hydrogen (secondary N) is 1. The lowest BCUT2D eigenvalue weighted by atomic mass is 10.2. The van der Waals surface area contributed by atoms with Crippen LogP contribution in [0.3, 0.4) is 0 Å². The molecule has 102 valence electrons. The standard InChI is InChI=1S/C14H22ClNO2/c1-11(2)16-7-8-17-9-10-18-14-12(3)5-4-6-13(14)15/h4-6,11,16H,7-10H2,1-3H3. The Hall–Kier alpha value is -0.770. The van der Waals surface area contributed by atoms with Crippen molar-refractivity contribution in [3.63, 3.8) is 0 Å². The lowest BCUT2D eigenvalue weighted by Crippen LogP contribution is -2.27. The van der Waals surface area contributed by atoms with Crippen molar-refractivity contribution in [2.45, 2.75) is 26.8 Å². The fourth-order valence-electron chi connectivity index (χ4n) is 1.52. The Labute approximate surface area is 114 Å². The normalized spacial score (nSPS) is 10.9. The molecule has 0 amide bonds. The van der Waals surface area contributed by atoms with E-state index in [2.05, 4.69) is 19.2 Å². The summed E-state index contributed by atoms with van der Waals surface area (Å²) in [5.41, 5.74) is 1.05. The SMILES string of the molecule is Cc1cccc(Cl)c1OCCOCCNC(C)C. The van der Waals surface area contributed by atoms with Gasteiger partial charge in [0.25, 0.3) is 0 Å². The number of benzene rings is 1. The van der Waals surface area contributed by atoms with E-state index in [9.17, 15) is 0 Å². The van der Waals surface area contributed by atoms with Crippen LogP contribution in [0.2, 0.25) is 5.02 Å². The third-order valence-electron chi connectivity index (χ3n) is 2.44. The summed E-state index contributed by atoms with van der Waals surface area (Å²) in [4.78, 5) is 0. The first-order valence-electron chi connectivity index (χ1n) is 6.30. The fourth-order valence-corrected chi connectivity index (χ4v) is 1.80. The van der Waals surface area contributed by atoms with E-state index in [1.165, 1.54) is 0 Å². The van der Waals surface area contributed by atoms with Gasteiger partial charge >= 0.3 is 0 Å². The number of hydrogen-bond acceptors (Lipinski definition) is 3. The molecule has 0 radical (unpaired) electrons. The van der Waals surface area contributed by atoms with Crippen LogP contribution in [-0.2, 0) is 4.74 Å². The first-order valence-corrected chi connectivity index (χ1v) is 6.68. The summed E-state index contributed by atoms with van der Waals surface area (Å²) in [6.45, 7) is 8.86. The number of hydrogen-bond donors (Lipinski definition) is 1. The summed E-state index contributed by atoms with van der Waals surface area (Å²) in [7, 11) is 0. The van der Waals surface area contributed by atoms with Crippen molar-refractivity contribution < 1.29 is 9.47 Å². The van der Waals surface area contributed by atoms with Crippen LogP contribution in [0, 0.1) is 6.92 Å². The van der Waals surface area contributed by atoms with Gasteiger partial charge in [-0.15, -0.1) is 0 Å². The van der Waals surface area contributed by atoms with Gasteiger partial charge in [-0.25, -0.2) is 0 Å². The van der Waals surface area contributed by atoms with E-state index in [0.717, 1.165) is 17.9 Å². The predicted octanol–water partition coefficient (Wildman–Crippen LogP) is 3.04. The van der Waals surface area contributed by atoms with Gasteiger partial charge in [-0.05, 0) is 18.6 Å². The second-order valence-corrected chi connectivity index (χ2v) is 4.86. The minimum atomic E-state index is 0.496. The largest absolute Gasteiger partial charge is 0.489 e. The van der Waals surface area contributed by atoms with Gasteiger partial charge < -0.3 is 14.8 Å². The topological polar surface area (TPSA) is 30.5 Å². The van der Waals surface area contributed by atoms with Crippen molar-refractivity contribution >= 4 is 11.6 Å². The van der Waals surface area contributed by atoms with E-state index < -0.39 is 0 Å². The second kappa shape index (κ2) is 8.35. The maximum Gasteiger partial charge on any atom is 0.140 e. The first-order chi connectivity index (χ1) is 8.61. The van der Waals surface area contributed by atoms with Gasteiger partial charge in [-0.3, -0.25) is 0 Å². The number of para-hydroxylation sites is 1. The summed E-state index contributed by atoms with van der Waals surface area (Å²) in [5, 5.41) is 3.93. The molecular formula is C14H22ClNO2. The van der Waals surface area contributed by atoms with Crippen LogP contribution < -0.4 is 10.1 Å². The van der Waals surface area contributed by atoms with E-state index in [1.54, 1.807) is 0 Å². The third-order valence-corrected chi connectivity index (χ3v) is 2.73. The molecule has 0 aliphatic heterocycles. The fraction of sp³-hybridized carbons (Fsp3) is 0.571. The highest BCUT2D eigenvalue weighted by molar-refractivity contribution is 6.32. The first kappa shape index (κ1) is 15.3. The Morgan fingerprint density at radius 3 is 2.67 bits per heavy atom. The molecule has 3 nitrogen and oxygen atoms in total. The van der Waals surface area contributed by atoms with Crippen LogP contribution >= 0.6 is 11.6 Å². The molecule has 0 unspecified atom stereocenters. The van der Waals surface area contributed by atoms with E-state index in [1.807, 2.05) is 25.1 Å². The van der Waals surface area contributed by atoms with Crippen molar-refractivity contribution in [3.05, 3.63) is 28.8 Å². The zero-order valence-corrected chi connectivity index (χ0v) is 12.1. The molecule has 0 bridgehead atoms. The number of halogens is 1. The van der Waals surface area contributed by atoms with Crippen LogP contribution in [0.1, 0.15) is 19.4 Å². The smallest absolute Gasteiger partial charge is 0.140 e. The van der Waals surface area contributed by atoms with Crippen LogP contribution in [0.15, 0.2) is 18.2 Å². The molecule has 0 aliphatic carbocycles.